The lowest BCUT2D eigenvalue weighted by Crippen LogP contribution is -2.37. The number of aliphatic imine (C=N–C) groups is 1. The van der Waals surface area contributed by atoms with Crippen LogP contribution in [0.1, 0.15) is 26.3 Å². The van der Waals surface area contributed by atoms with Gasteiger partial charge in [-0.2, -0.15) is 0 Å². The number of ether oxygens (including phenoxy) is 1. The zero-order valence-corrected chi connectivity index (χ0v) is 12.3. The Hall–Kier alpha value is -2.22. The van der Waals surface area contributed by atoms with Crippen LogP contribution in [0.2, 0.25) is 0 Å². The van der Waals surface area contributed by atoms with Gasteiger partial charge in [-0.3, -0.25) is 0 Å². The number of hydrogen-bond donors (Lipinski definition) is 2. The summed E-state index contributed by atoms with van der Waals surface area (Å²) in [6.07, 6.45) is 7.11. The Balaban J connectivity index is 2.59. The Morgan fingerprint density at radius 3 is 2.80 bits per heavy atom. The van der Waals surface area contributed by atoms with Crippen molar-refractivity contribution in [2.24, 2.45) is 4.99 Å². The van der Waals surface area contributed by atoms with E-state index in [4.69, 9.17) is 11.2 Å². The average molecular weight is 274 g/mol. The number of rotatable bonds is 6. The summed E-state index contributed by atoms with van der Waals surface area (Å²) in [5.41, 5.74) is 1.01. The van der Waals surface area contributed by atoms with Gasteiger partial charge in [0.2, 0.25) is 5.88 Å². The minimum Gasteiger partial charge on any atom is -0.475 e. The SMILES string of the molecule is C#CCNC(=NCc1ccc(OC(C)C)nc1)NCC. The predicted octanol–water partition coefficient (Wildman–Crippen LogP) is 1.56. The van der Waals surface area contributed by atoms with Crippen LogP contribution in [-0.4, -0.2) is 30.1 Å². The first-order valence-corrected chi connectivity index (χ1v) is 6.73. The molecule has 1 aromatic rings. The van der Waals surface area contributed by atoms with Gasteiger partial charge >= 0.3 is 0 Å². The maximum Gasteiger partial charge on any atom is 0.213 e. The number of guanidine groups is 1. The summed E-state index contributed by atoms with van der Waals surface area (Å²) in [6.45, 7) is 7.72. The highest BCUT2D eigenvalue weighted by molar-refractivity contribution is 5.79. The lowest BCUT2D eigenvalue weighted by atomic mass is 10.3. The third kappa shape index (κ3) is 6.10. The Morgan fingerprint density at radius 2 is 2.25 bits per heavy atom. The van der Waals surface area contributed by atoms with Crippen LogP contribution < -0.4 is 15.4 Å². The van der Waals surface area contributed by atoms with E-state index in [1.165, 1.54) is 0 Å². The number of pyridine rings is 1. The molecule has 0 aliphatic rings. The zero-order chi connectivity index (χ0) is 14.8. The lowest BCUT2D eigenvalue weighted by molar-refractivity contribution is 0.232. The van der Waals surface area contributed by atoms with Crippen LogP contribution in [0.4, 0.5) is 0 Å². The van der Waals surface area contributed by atoms with Gasteiger partial charge in [-0.1, -0.05) is 12.0 Å². The third-order valence-electron chi connectivity index (χ3n) is 2.28. The second-order valence-corrected chi connectivity index (χ2v) is 4.42. The first-order chi connectivity index (χ1) is 9.65. The summed E-state index contributed by atoms with van der Waals surface area (Å²) < 4.78 is 5.49. The van der Waals surface area contributed by atoms with Gasteiger partial charge in [0.25, 0.3) is 0 Å². The van der Waals surface area contributed by atoms with E-state index in [2.05, 4.69) is 26.5 Å². The van der Waals surface area contributed by atoms with E-state index < -0.39 is 0 Å². The average Bonchev–Trinajstić information content (AvgIpc) is 2.43. The molecule has 0 fully saturated rings. The van der Waals surface area contributed by atoms with E-state index >= 15 is 0 Å². The van der Waals surface area contributed by atoms with Gasteiger partial charge in [0.15, 0.2) is 5.96 Å². The highest BCUT2D eigenvalue weighted by Gasteiger charge is 2.00. The second kappa shape index (κ2) is 8.81. The molecular weight excluding hydrogens is 252 g/mol. The van der Waals surface area contributed by atoms with E-state index in [1.54, 1.807) is 6.20 Å². The molecule has 0 bridgehead atoms. The van der Waals surface area contributed by atoms with Crippen molar-refractivity contribution in [2.45, 2.75) is 33.4 Å². The van der Waals surface area contributed by atoms with Crippen LogP contribution in [0.15, 0.2) is 23.3 Å². The first kappa shape index (κ1) is 15.8. The molecule has 108 valence electrons. The molecule has 20 heavy (non-hydrogen) atoms. The van der Waals surface area contributed by atoms with Crippen molar-refractivity contribution < 1.29 is 4.74 Å². The van der Waals surface area contributed by atoms with Gasteiger partial charge in [0.1, 0.15) is 0 Å². The van der Waals surface area contributed by atoms with Crippen LogP contribution in [-0.2, 0) is 6.54 Å². The normalized spacial score (nSPS) is 11.1. The molecule has 5 nitrogen and oxygen atoms in total. The summed E-state index contributed by atoms with van der Waals surface area (Å²) in [7, 11) is 0. The fourth-order valence-corrected chi connectivity index (χ4v) is 1.46. The minimum atomic E-state index is 0.125. The molecule has 0 aromatic carbocycles. The summed E-state index contributed by atoms with van der Waals surface area (Å²) in [5, 5.41) is 6.16. The number of terminal acetylenes is 1. The Morgan fingerprint density at radius 1 is 1.45 bits per heavy atom. The summed E-state index contributed by atoms with van der Waals surface area (Å²) >= 11 is 0. The van der Waals surface area contributed by atoms with Crippen molar-refractivity contribution in [3.8, 4) is 18.2 Å². The monoisotopic (exact) mass is 274 g/mol. The fraction of sp³-hybridized carbons (Fsp3) is 0.467. The van der Waals surface area contributed by atoms with Crippen molar-refractivity contribution in [1.82, 2.24) is 15.6 Å². The topological polar surface area (TPSA) is 58.5 Å². The summed E-state index contributed by atoms with van der Waals surface area (Å²) in [4.78, 5) is 8.67. The van der Waals surface area contributed by atoms with Crippen molar-refractivity contribution in [1.29, 1.82) is 0 Å². The molecule has 0 atom stereocenters. The van der Waals surface area contributed by atoms with Gasteiger partial charge in [-0.05, 0) is 26.3 Å². The molecule has 1 heterocycles. The molecule has 0 spiro atoms. The van der Waals surface area contributed by atoms with Crippen molar-refractivity contribution in [3.63, 3.8) is 0 Å². The van der Waals surface area contributed by atoms with E-state index in [0.29, 0.717) is 24.9 Å². The molecule has 0 aliphatic carbocycles. The third-order valence-corrected chi connectivity index (χ3v) is 2.28. The Labute approximate surface area is 120 Å². The minimum absolute atomic E-state index is 0.125. The lowest BCUT2D eigenvalue weighted by Gasteiger charge is -2.10. The number of hydrogen-bond acceptors (Lipinski definition) is 3. The van der Waals surface area contributed by atoms with Gasteiger partial charge in [-0.15, -0.1) is 6.42 Å². The van der Waals surface area contributed by atoms with Gasteiger partial charge in [0, 0.05) is 18.8 Å². The van der Waals surface area contributed by atoms with Crippen LogP contribution in [0.5, 0.6) is 5.88 Å². The highest BCUT2D eigenvalue weighted by Crippen LogP contribution is 2.10. The van der Waals surface area contributed by atoms with Crippen LogP contribution in [0, 0.1) is 12.3 Å². The van der Waals surface area contributed by atoms with Crippen molar-refractivity contribution in [3.05, 3.63) is 23.9 Å². The summed E-state index contributed by atoms with van der Waals surface area (Å²) in [5.74, 6) is 3.85. The largest absolute Gasteiger partial charge is 0.475 e. The molecule has 0 saturated carbocycles. The highest BCUT2D eigenvalue weighted by atomic mass is 16.5. The Bertz CT molecular complexity index is 460. The molecule has 1 rings (SSSR count). The fourth-order valence-electron chi connectivity index (χ4n) is 1.46. The van der Waals surface area contributed by atoms with Crippen molar-refractivity contribution >= 4 is 5.96 Å². The first-order valence-electron chi connectivity index (χ1n) is 6.73. The molecule has 0 saturated heterocycles. The molecular formula is C15H22N4O. The second-order valence-electron chi connectivity index (χ2n) is 4.42. The number of nitrogens with zero attached hydrogens (tertiary/aromatic N) is 2. The number of nitrogens with one attached hydrogen (secondary N) is 2. The van der Waals surface area contributed by atoms with Crippen LogP contribution in [0.3, 0.4) is 0 Å². The van der Waals surface area contributed by atoms with Gasteiger partial charge in [-0.25, -0.2) is 9.98 Å². The molecule has 2 N–H and O–H groups in total. The van der Waals surface area contributed by atoms with Crippen molar-refractivity contribution in [2.75, 3.05) is 13.1 Å². The number of aromatic nitrogens is 1. The maximum absolute atomic E-state index is 5.49. The molecule has 1 aromatic heterocycles. The molecule has 0 radical (unpaired) electrons. The predicted molar refractivity (Wildman–Crippen MR) is 81.7 cm³/mol. The van der Waals surface area contributed by atoms with E-state index in [-0.39, 0.29) is 6.10 Å². The zero-order valence-electron chi connectivity index (χ0n) is 12.3. The van der Waals surface area contributed by atoms with E-state index in [9.17, 15) is 0 Å². The van der Waals surface area contributed by atoms with Gasteiger partial charge < -0.3 is 15.4 Å². The quantitative estimate of drug-likeness (QED) is 0.469. The molecule has 0 aliphatic heterocycles. The van der Waals surface area contributed by atoms with E-state index in [0.717, 1.165) is 12.1 Å². The molecule has 0 unspecified atom stereocenters. The molecule has 5 heteroatoms. The van der Waals surface area contributed by atoms with E-state index in [1.807, 2.05) is 32.9 Å². The van der Waals surface area contributed by atoms with Gasteiger partial charge in [0.05, 0.1) is 19.2 Å². The maximum atomic E-state index is 5.49. The van der Waals surface area contributed by atoms with Crippen LogP contribution >= 0.6 is 0 Å². The smallest absolute Gasteiger partial charge is 0.213 e. The Kier molecular flexibility index (Phi) is 6.97. The molecule has 0 amide bonds. The summed E-state index contributed by atoms with van der Waals surface area (Å²) in [6, 6.07) is 3.81. The standard InChI is InChI=1S/C15H22N4O/c1-5-9-17-15(16-6-2)19-11-13-7-8-14(18-10-13)20-12(3)4/h1,7-8,10,12H,6,9,11H2,2-4H3,(H2,16,17,19). The van der Waals surface area contributed by atoms with Crippen LogP contribution in [0.25, 0.3) is 0 Å².